The van der Waals surface area contributed by atoms with Crippen molar-refractivity contribution in [2.45, 2.75) is 24.3 Å². The summed E-state index contributed by atoms with van der Waals surface area (Å²) in [4.78, 5) is 23.8. The van der Waals surface area contributed by atoms with Gasteiger partial charge in [-0.2, -0.15) is 0 Å². The lowest BCUT2D eigenvalue weighted by molar-refractivity contribution is -0.142. The summed E-state index contributed by atoms with van der Waals surface area (Å²) in [6, 6.07) is 7.90. The van der Waals surface area contributed by atoms with Crippen LogP contribution < -0.4 is 10.6 Å². The van der Waals surface area contributed by atoms with Gasteiger partial charge in [-0.25, -0.2) is 8.78 Å². The lowest BCUT2D eigenvalue weighted by Crippen LogP contribution is -2.42. The third-order valence-corrected chi connectivity index (χ3v) is 3.59. The van der Waals surface area contributed by atoms with E-state index in [2.05, 4.69) is 10.6 Å². The van der Waals surface area contributed by atoms with Crippen LogP contribution >= 0.6 is 12.4 Å². The number of halogens is 3. The van der Waals surface area contributed by atoms with Crippen LogP contribution in [0.2, 0.25) is 0 Å². The highest BCUT2D eigenvalue weighted by Crippen LogP contribution is 2.25. The van der Waals surface area contributed by atoms with Crippen LogP contribution in [0.4, 0.5) is 8.78 Å². The highest BCUT2D eigenvalue weighted by Gasteiger charge is 2.42. The van der Waals surface area contributed by atoms with Crippen molar-refractivity contribution in [3.8, 4) is 0 Å². The summed E-state index contributed by atoms with van der Waals surface area (Å²) >= 11 is 0. The molecule has 1 amide bonds. The first kappa shape index (κ1) is 19.3. The largest absolute Gasteiger partial charge is 0.468 e. The zero-order valence-electron chi connectivity index (χ0n) is 12.6. The molecule has 2 N–H and O–H groups in total. The van der Waals surface area contributed by atoms with Crippen LogP contribution in [0.15, 0.2) is 30.3 Å². The summed E-state index contributed by atoms with van der Waals surface area (Å²) in [6.45, 7) is -0.510. The van der Waals surface area contributed by atoms with Gasteiger partial charge in [0.1, 0.15) is 0 Å². The van der Waals surface area contributed by atoms with Crippen molar-refractivity contribution in [3.05, 3.63) is 35.9 Å². The minimum atomic E-state index is -2.87. The molecule has 0 spiro atoms. The molecule has 2 rings (SSSR count). The average molecular weight is 349 g/mol. The molecule has 1 saturated heterocycles. The number of alkyl halides is 2. The second-order valence-electron chi connectivity index (χ2n) is 5.23. The van der Waals surface area contributed by atoms with Gasteiger partial charge >= 0.3 is 5.97 Å². The maximum atomic E-state index is 13.1. The van der Waals surface area contributed by atoms with Gasteiger partial charge in [-0.3, -0.25) is 14.9 Å². The molecule has 0 saturated carbocycles. The molecule has 2 atom stereocenters. The Morgan fingerprint density at radius 2 is 2.04 bits per heavy atom. The van der Waals surface area contributed by atoms with Crippen LogP contribution in [0.1, 0.15) is 17.9 Å². The zero-order valence-corrected chi connectivity index (χ0v) is 13.4. The van der Waals surface area contributed by atoms with Crippen molar-refractivity contribution in [1.82, 2.24) is 10.6 Å². The smallest absolute Gasteiger partial charge is 0.314 e. The molecule has 0 radical (unpaired) electrons. The fourth-order valence-corrected chi connectivity index (χ4v) is 2.39. The molecule has 0 aliphatic carbocycles. The van der Waals surface area contributed by atoms with Gasteiger partial charge < -0.3 is 10.1 Å². The Kier molecular flexibility index (Phi) is 6.90. The van der Waals surface area contributed by atoms with Crippen molar-refractivity contribution in [1.29, 1.82) is 0 Å². The third kappa shape index (κ3) is 5.14. The normalized spacial score (nSPS) is 20.2. The minimum Gasteiger partial charge on any atom is -0.468 e. The van der Waals surface area contributed by atoms with Gasteiger partial charge in [-0.15, -0.1) is 12.4 Å². The predicted molar refractivity (Wildman–Crippen MR) is 82.8 cm³/mol. The van der Waals surface area contributed by atoms with Gasteiger partial charge in [0.05, 0.1) is 25.6 Å². The predicted octanol–water partition coefficient (Wildman–Crippen LogP) is 1.48. The number of carbonyl (C=O) groups excluding carboxylic acids is 2. The maximum Gasteiger partial charge on any atom is 0.314 e. The van der Waals surface area contributed by atoms with Gasteiger partial charge in [-0.05, 0) is 5.56 Å². The number of rotatable bonds is 5. The van der Waals surface area contributed by atoms with Crippen molar-refractivity contribution >= 4 is 24.3 Å². The summed E-state index contributed by atoms with van der Waals surface area (Å²) in [5, 5.41) is 5.02. The van der Waals surface area contributed by atoms with Gasteiger partial charge in [0.25, 0.3) is 5.92 Å². The van der Waals surface area contributed by atoms with Crippen LogP contribution in [-0.2, 0) is 14.3 Å². The van der Waals surface area contributed by atoms with Crippen LogP contribution in [-0.4, -0.2) is 44.0 Å². The fraction of sp³-hybridized carbons (Fsp3) is 0.467. The molecule has 128 valence electrons. The van der Waals surface area contributed by atoms with E-state index in [0.29, 0.717) is 5.56 Å². The van der Waals surface area contributed by atoms with Crippen LogP contribution in [0.25, 0.3) is 0 Å². The Labute approximate surface area is 139 Å². The van der Waals surface area contributed by atoms with Gasteiger partial charge in [0.2, 0.25) is 5.91 Å². The van der Waals surface area contributed by atoms with E-state index in [1.807, 2.05) is 0 Å². The van der Waals surface area contributed by atoms with E-state index in [1.54, 1.807) is 30.3 Å². The number of hydrogen-bond acceptors (Lipinski definition) is 4. The van der Waals surface area contributed by atoms with E-state index < -0.39 is 42.7 Å². The van der Waals surface area contributed by atoms with Gasteiger partial charge in [-0.1, -0.05) is 30.3 Å². The molecule has 1 heterocycles. The summed E-state index contributed by atoms with van der Waals surface area (Å²) in [7, 11) is 1.26. The standard InChI is InChI=1S/C15H18F2N2O3.ClH/c1-22-14(21)11(10-5-3-2-4-6-10)8-18-13(20)12-7-15(16,17)9-19-12;/h2-6,11-12,19H,7-9H2,1H3,(H,18,20);1H. The first-order chi connectivity index (χ1) is 10.4. The van der Waals surface area contributed by atoms with Gasteiger partial charge in [0, 0.05) is 13.0 Å². The number of amides is 1. The Bertz CT molecular complexity index is 543. The molecule has 1 fully saturated rings. The molecule has 0 aromatic heterocycles. The lowest BCUT2D eigenvalue weighted by atomic mass is 9.99. The molecule has 1 aliphatic heterocycles. The van der Waals surface area contributed by atoms with Crippen LogP contribution in [0.5, 0.6) is 0 Å². The van der Waals surface area contributed by atoms with Crippen molar-refractivity contribution in [3.63, 3.8) is 0 Å². The quantitative estimate of drug-likeness (QED) is 0.791. The second-order valence-corrected chi connectivity index (χ2v) is 5.23. The molecule has 2 unspecified atom stereocenters. The summed E-state index contributed by atoms with van der Waals surface area (Å²) < 4.78 is 30.9. The Morgan fingerprint density at radius 1 is 1.39 bits per heavy atom. The highest BCUT2D eigenvalue weighted by molar-refractivity contribution is 5.85. The van der Waals surface area contributed by atoms with E-state index in [0.717, 1.165) is 0 Å². The van der Waals surface area contributed by atoms with Crippen LogP contribution in [0, 0.1) is 0 Å². The zero-order chi connectivity index (χ0) is 16.2. The van der Waals surface area contributed by atoms with Crippen molar-refractivity contribution < 1.29 is 23.1 Å². The van der Waals surface area contributed by atoms with E-state index in [9.17, 15) is 18.4 Å². The molecular formula is C15H19ClF2N2O3. The van der Waals surface area contributed by atoms with Gasteiger partial charge in [0.15, 0.2) is 0 Å². The maximum absolute atomic E-state index is 13.1. The monoisotopic (exact) mass is 348 g/mol. The number of carbonyl (C=O) groups is 2. The Morgan fingerprint density at radius 3 is 2.57 bits per heavy atom. The highest BCUT2D eigenvalue weighted by atomic mass is 35.5. The first-order valence-electron chi connectivity index (χ1n) is 6.94. The van der Waals surface area contributed by atoms with E-state index >= 15 is 0 Å². The number of esters is 1. The topological polar surface area (TPSA) is 67.4 Å². The molecule has 0 bridgehead atoms. The average Bonchev–Trinajstić information content (AvgIpc) is 2.88. The summed E-state index contributed by atoms with van der Waals surface area (Å²) in [5.74, 6) is -4.57. The lowest BCUT2D eigenvalue weighted by Gasteiger charge is -2.17. The van der Waals surface area contributed by atoms with E-state index in [4.69, 9.17) is 4.74 Å². The third-order valence-electron chi connectivity index (χ3n) is 3.59. The SMILES string of the molecule is COC(=O)C(CNC(=O)C1CC(F)(F)CN1)c1ccccc1.Cl. The van der Waals surface area contributed by atoms with E-state index in [1.165, 1.54) is 7.11 Å². The molecule has 1 aliphatic rings. The van der Waals surface area contributed by atoms with E-state index in [-0.39, 0.29) is 19.0 Å². The Balaban J connectivity index is 0.00000264. The first-order valence-corrected chi connectivity index (χ1v) is 6.94. The number of methoxy groups -OCH3 is 1. The molecule has 5 nitrogen and oxygen atoms in total. The van der Waals surface area contributed by atoms with Crippen LogP contribution in [0.3, 0.4) is 0 Å². The summed E-state index contributed by atoms with van der Waals surface area (Å²) in [6.07, 6.45) is -0.535. The molecule has 23 heavy (non-hydrogen) atoms. The molecule has 1 aromatic carbocycles. The Hall–Kier alpha value is -1.73. The molecule has 8 heteroatoms. The molecule has 1 aromatic rings. The minimum absolute atomic E-state index is 0. The summed E-state index contributed by atoms with van der Waals surface area (Å²) in [5.41, 5.74) is 0.694. The van der Waals surface area contributed by atoms with Crippen molar-refractivity contribution in [2.75, 3.05) is 20.2 Å². The number of benzene rings is 1. The number of hydrogen-bond donors (Lipinski definition) is 2. The molecular weight excluding hydrogens is 330 g/mol. The van der Waals surface area contributed by atoms with Crippen molar-refractivity contribution in [2.24, 2.45) is 0 Å². The number of nitrogens with one attached hydrogen (secondary N) is 2. The number of ether oxygens (including phenoxy) is 1. The second kappa shape index (κ2) is 8.21. The fourth-order valence-electron chi connectivity index (χ4n) is 2.39.